The van der Waals surface area contributed by atoms with Crippen molar-refractivity contribution < 1.29 is 9.13 Å². The Kier molecular flexibility index (Phi) is 7.79. The van der Waals surface area contributed by atoms with Crippen LogP contribution in [0, 0.1) is 5.82 Å². The molecule has 2 rings (SSSR count). The molecule has 0 aromatic heterocycles. The molecule has 3 heteroatoms. The minimum Gasteiger partial charge on any atom is -0.369 e. The molecule has 140 valence electrons. The van der Waals surface area contributed by atoms with Gasteiger partial charge < -0.3 is 4.74 Å². The molecule has 2 atom stereocenters. The van der Waals surface area contributed by atoms with Crippen molar-refractivity contribution in [2.24, 2.45) is 0 Å². The fourth-order valence-corrected chi connectivity index (χ4v) is 7.74. The average Bonchev–Trinajstić information content (AvgIpc) is 2.69. The highest BCUT2D eigenvalue weighted by atomic mass is 28.3. The SMILES string of the molecule is C=CC[C@H](O[C@H](c1ccccc1)[Si](CC)(CC)CC)c1ccc(F)cc1. The van der Waals surface area contributed by atoms with Gasteiger partial charge in [-0.05, 0) is 29.7 Å². The van der Waals surface area contributed by atoms with Crippen LogP contribution in [0.15, 0.2) is 67.3 Å². The molecule has 0 aliphatic carbocycles. The van der Waals surface area contributed by atoms with Crippen LogP contribution >= 0.6 is 0 Å². The molecule has 0 aliphatic heterocycles. The number of ether oxygens (including phenoxy) is 1. The molecule has 26 heavy (non-hydrogen) atoms. The van der Waals surface area contributed by atoms with E-state index < -0.39 is 8.07 Å². The van der Waals surface area contributed by atoms with Crippen LogP contribution in [0.5, 0.6) is 0 Å². The monoisotopic (exact) mass is 370 g/mol. The number of halogens is 1. The average molecular weight is 371 g/mol. The molecule has 0 spiro atoms. The summed E-state index contributed by atoms with van der Waals surface area (Å²) in [5, 5.41) is 0. The van der Waals surface area contributed by atoms with E-state index in [4.69, 9.17) is 4.74 Å². The number of hydrogen-bond acceptors (Lipinski definition) is 1. The molecule has 2 aromatic rings. The lowest BCUT2D eigenvalue weighted by molar-refractivity contribution is 0.0234. The maximum Gasteiger partial charge on any atom is 0.123 e. The van der Waals surface area contributed by atoms with Crippen molar-refractivity contribution in [3.05, 3.63) is 84.2 Å². The van der Waals surface area contributed by atoms with Gasteiger partial charge in [-0.25, -0.2) is 4.39 Å². The van der Waals surface area contributed by atoms with Crippen LogP contribution in [0.2, 0.25) is 18.1 Å². The van der Waals surface area contributed by atoms with Crippen molar-refractivity contribution in [1.82, 2.24) is 0 Å². The summed E-state index contributed by atoms with van der Waals surface area (Å²) in [6, 6.07) is 20.8. The zero-order valence-corrected chi connectivity index (χ0v) is 17.2. The standard InChI is InChI=1S/C23H31FOSi/c1-5-12-22(19-15-17-21(24)18-16-19)25-23(20-13-10-9-11-14-20)26(6-2,7-3)8-4/h5,9-11,13-18,22-23H,1,6-8,12H2,2-4H3/t22-,23-/m0/s1. The van der Waals surface area contributed by atoms with Crippen molar-refractivity contribution >= 4 is 8.07 Å². The van der Waals surface area contributed by atoms with E-state index in [1.54, 1.807) is 0 Å². The molecular formula is C23H31FOSi. The third kappa shape index (κ3) is 4.71. The van der Waals surface area contributed by atoms with Gasteiger partial charge in [-0.2, -0.15) is 0 Å². The van der Waals surface area contributed by atoms with Crippen molar-refractivity contribution in [3.8, 4) is 0 Å². The minimum atomic E-state index is -1.65. The second-order valence-electron chi connectivity index (χ2n) is 6.91. The second kappa shape index (κ2) is 9.84. The van der Waals surface area contributed by atoms with Crippen molar-refractivity contribution in [3.63, 3.8) is 0 Å². The third-order valence-corrected chi connectivity index (χ3v) is 11.5. The molecule has 0 saturated carbocycles. The quantitative estimate of drug-likeness (QED) is 0.316. The van der Waals surface area contributed by atoms with Gasteiger partial charge in [0.15, 0.2) is 0 Å². The lowest BCUT2D eigenvalue weighted by Crippen LogP contribution is -2.41. The Morgan fingerprint density at radius 2 is 1.50 bits per heavy atom. The predicted octanol–water partition coefficient (Wildman–Crippen LogP) is 7.25. The van der Waals surface area contributed by atoms with Crippen LogP contribution in [0.1, 0.15) is 50.2 Å². The Morgan fingerprint density at radius 3 is 2.00 bits per heavy atom. The Hall–Kier alpha value is -1.71. The zero-order valence-electron chi connectivity index (χ0n) is 16.2. The number of hydrogen-bond donors (Lipinski definition) is 0. The second-order valence-corrected chi connectivity index (χ2v) is 12.3. The highest BCUT2D eigenvalue weighted by Gasteiger charge is 2.39. The van der Waals surface area contributed by atoms with E-state index in [0.717, 1.165) is 12.0 Å². The van der Waals surface area contributed by atoms with Crippen LogP contribution in [-0.4, -0.2) is 8.07 Å². The topological polar surface area (TPSA) is 9.23 Å². The molecule has 0 fully saturated rings. The van der Waals surface area contributed by atoms with E-state index in [9.17, 15) is 4.39 Å². The highest BCUT2D eigenvalue weighted by molar-refractivity contribution is 6.80. The van der Waals surface area contributed by atoms with Gasteiger partial charge in [0.05, 0.1) is 19.9 Å². The van der Waals surface area contributed by atoms with Crippen LogP contribution in [0.25, 0.3) is 0 Å². The first-order valence-corrected chi connectivity index (χ1v) is 12.4. The van der Waals surface area contributed by atoms with Gasteiger partial charge in [0.1, 0.15) is 5.82 Å². The van der Waals surface area contributed by atoms with Gasteiger partial charge in [-0.15, -0.1) is 6.58 Å². The first-order valence-electron chi connectivity index (χ1n) is 9.67. The third-order valence-electron chi connectivity index (χ3n) is 5.69. The summed E-state index contributed by atoms with van der Waals surface area (Å²) in [6.07, 6.45) is 2.51. The summed E-state index contributed by atoms with van der Waals surface area (Å²) in [4.78, 5) is 0. The molecular weight excluding hydrogens is 339 g/mol. The Bertz CT molecular complexity index is 656. The Morgan fingerprint density at radius 1 is 0.923 bits per heavy atom. The van der Waals surface area contributed by atoms with Gasteiger partial charge in [-0.3, -0.25) is 0 Å². The first kappa shape index (κ1) is 20.6. The smallest absolute Gasteiger partial charge is 0.123 e. The van der Waals surface area contributed by atoms with Gasteiger partial charge in [0.25, 0.3) is 0 Å². The molecule has 0 amide bonds. The van der Waals surface area contributed by atoms with Gasteiger partial charge in [-0.1, -0.05) is 87.4 Å². The minimum absolute atomic E-state index is 0.102. The first-order chi connectivity index (χ1) is 12.6. The van der Waals surface area contributed by atoms with Crippen molar-refractivity contribution in [2.75, 3.05) is 0 Å². The summed E-state index contributed by atoms with van der Waals surface area (Å²) in [6.45, 7) is 10.8. The summed E-state index contributed by atoms with van der Waals surface area (Å²) in [5.41, 5.74) is 2.40. The maximum atomic E-state index is 13.4. The van der Waals surface area contributed by atoms with Crippen LogP contribution < -0.4 is 0 Å². The Labute approximate surface area is 158 Å². The summed E-state index contributed by atoms with van der Waals surface area (Å²) >= 11 is 0. The van der Waals surface area contributed by atoms with E-state index in [1.807, 2.05) is 18.2 Å². The lowest BCUT2D eigenvalue weighted by Gasteiger charge is -2.39. The molecule has 0 heterocycles. The van der Waals surface area contributed by atoms with Crippen LogP contribution in [0.3, 0.4) is 0 Å². The van der Waals surface area contributed by atoms with E-state index in [2.05, 4.69) is 57.7 Å². The molecule has 0 bridgehead atoms. The molecule has 0 aliphatic rings. The van der Waals surface area contributed by atoms with Gasteiger partial charge in [0, 0.05) is 0 Å². The summed E-state index contributed by atoms with van der Waals surface area (Å²) in [5.74, 6) is -0.217. The maximum absolute atomic E-state index is 13.4. The fourth-order valence-electron chi connectivity index (χ4n) is 3.77. The largest absolute Gasteiger partial charge is 0.369 e. The molecule has 0 N–H and O–H groups in total. The molecule has 0 unspecified atom stereocenters. The molecule has 2 aromatic carbocycles. The van der Waals surface area contributed by atoms with Crippen molar-refractivity contribution in [2.45, 2.75) is 57.2 Å². The van der Waals surface area contributed by atoms with E-state index in [1.165, 1.54) is 35.8 Å². The molecule has 1 nitrogen and oxygen atoms in total. The highest BCUT2D eigenvalue weighted by Crippen LogP contribution is 2.41. The lowest BCUT2D eigenvalue weighted by atomic mass is 10.1. The molecule has 0 radical (unpaired) electrons. The number of rotatable bonds is 10. The van der Waals surface area contributed by atoms with E-state index in [-0.39, 0.29) is 17.6 Å². The zero-order chi connectivity index (χ0) is 19.0. The number of benzene rings is 2. The van der Waals surface area contributed by atoms with Crippen LogP contribution in [-0.2, 0) is 4.74 Å². The summed E-state index contributed by atoms with van der Waals surface area (Å²) in [7, 11) is -1.65. The normalized spacial score (nSPS) is 14.0. The molecule has 0 saturated heterocycles. The fraction of sp³-hybridized carbons (Fsp3) is 0.391. The summed E-state index contributed by atoms with van der Waals surface area (Å²) < 4.78 is 20.2. The Balaban J connectivity index is 2.43. The van der Waals surface area contributed by atoms with E-state index >= 15 is 0 Å². The predicted molar refractivity (Wildman–Crippen MR) is 111 cm³/mol. The van der Waals surface area contributed by atoms with Gasteiger partial charge in [0.2, 0.25) is 0 Å². The van der Waals surface area contributed by atoms with E-state index in [0.29, 0.717) is 0 Å². The van der Waals surface area contributed by atoms with Crippen molar-refractivity contribution in [1.29, 1.82) is 0 Å². The van der Waals surface area contributed by atoms with Crippen LogP contribution in [0.4, 0.5) is 4.39 Å². The van der Waals surface area contributed by atoms with Gasteiger partial charge >= 0.3 is 0 Å².